The van der Waals surface area contributed by atoms with E-state index in [4.69, 9.17) is 0 Å². The van der Waals surface area contributed by atoms with Crippen LogP contribution in [-0.4, -0.2) is 12.6 Å². The molecule has 0 aliphatic heterocycles. The van der Waals surface area contributed by atoms with Crippen molar-refractivity contribution in [3.8, 4) is 0 Å². The zero-order valence-corrected chi connectivity index (χ0v) is 14.0. The summed E-state index contributed by atoms with van der Waals surface area (Å²) in [5.41, 5.74) is 2.01. The quantitative estimate of drug-likeness (QED) is 0.534. The summed E-state index contributed by atoms with van der Waals surface area (Å²) in [7, 11) is 0. The molecule has 0 heterocycles. The van der Waals surface area contributed by atoms with E-state index in [1.165, 1.54) is 57.8 Å². The topological polar surface area (TPSA) is 12.0 Å². The van der Waals surface area contributed by atoms with Crippen LogP contribution < -0.4 is 5.32 Å². The Balaban J connectivity index is 1.92. The van der Waals surface area contributed by atoms with Gasteiger partial charge in [0.05, 0.1) is 0 Å². The summed E-state index contributed by atoms with van der Waals surface area (Å²) in [5, 5.41) is 3.86. The fraction of sp³-hybridized carbons (Fsp3) is 0.700. The van der Waals surface area contributed by atoms with Gasteiger partial charge in [0.2, 0.25) is 0 Å². The molecular formula is C20H33N. The van der Waals surface area contributed by atoms with Crippen molar-refractivity contribution in [2.45, 2.75) is 83.1 Å². The van der Waals surface area contributed by atoms with Crippen molar-refractivity contribution < 1.29 is 0 Å². The standard InChI is InChI=1S/C20H33N/c1-3-5-6-7-11-14-19(21-17-4-2)20(15-16-20)18-12-9-8-10-13-18/h8-10,12-13,19,21H,3-7,11,14-17H2,1-2H3. The van der Waals surface area contributed by atoms with Crippen LogP contribution in [0.25, 0.3) is 0 Å². The largest absolute Gasteiger partial charge is 0.313 e. The Labute approximate surface area is 131 Å². The smallest absolute Gasteiger partial charge is 0.0164 e. The second-order valence-electron chi connectivity index (χ2n) is 6.73. The maximum absolute atomic E-state index is 3.86. The highest BCUT2D eigenvalue weighted by Crippen LogP contribution is 2.52. The molecule has 0 bridgehead atoms. The lowest BCUT2D eigenvalue weighted by molar-refractivity contribution is 0.377. The van der Waals surface area contributed by atoms with Crippen LogP contribution >= 0.6 is 0 Å². The van der Waals surface area contributed by atoms with Gasteiger partial charge >= 0.3 is 0 Å². The van der Waals surface area contributed by atoms with Crippen molar-refractivity contribution >= 4 is 0 Å². The third-order valence-corrected chi connectivity index (χ3v) is 5.04. The Hall–Kier alpha value is -0.820. The van der Waals surface area contributed by atoms with Crippen LogP contribution in [-0.2, 0) is 5.41 Å². The maximum Gasteiger partial charge on any atom is 0.0164 e. The van der Waals surface area contributed by atoms with E-state index in [9.17, 15) is 0 Å². The first-order valence-corrected chi connectivity index (χ1v) is 9.12. The molecule has 0 aromatic heterocycles. The van der Waals surface area contributed by atoms with Gasteiger partial charge in [0.15, 0.2) is 0 Å². The lowest BCUT2D eigenvalue weighted by Crippen LogP contribution is -2.40. The fourth-order valence-electron chi connectivity index (χ4n) is 3.59. The van der Waals surface area contributed by atoms with Crippen LogP contribution in [0.1, 0.15) is 77.2 Å². The molecule has 1 heteroatoms. The molecule has 2 rings (SSSR count). The minimum atomic E-state index is 0.446. The maximum atomic E-state index is 3.86. The zero-order valence-electron chi connectivity index (χ0n) is 14.0. The van der Waals surface area contributed by atoms with Gasteiger partial charge in [-0.05, 0) is 37.8 Å². The van der Waals surface area contributed by atoms with Crippen molar-refractivity contribution in [1.29, 1.82) is 0 Å². The van der Waals surface area contributed by atoms with E-state index in [1.54, 1.807) is 5.56 Å². The van der Waals surface area contributed by atoms with Gasteiger partial charge in [-0.15, -0.1) is 0 Å². The van der Waals surface area contributed by atoms with Crippen LogP contribution in [0.3, 0.4) is 0 Å². The average Bonchev–Trinajstić information content (AvgIpc) is 3.33. The first-order valence-electron chi connectivity index (χ1n) is 9.12. The summed E-state index contributed by atoms with van der Waals surface area (Å²) in [6.07, 6.45) is 12.3. The van der Waals surface area contributed by atoms with E-state index in [2.05, 4.69) is 49.5 Å². The number of hydrogen-bond donors (Lipinski definition) is 1. The Morgan fingerprint density at radius 2 is 1.67 bits per heavy atom. The van der Waals surface area contributed by atoms with Gasteiger partial charge < -0.3 is 5.32 Å². The van der Waals surface area contributed by atoms with Gasteiger partial charge in [0, 0.05) is 11.5 Å². The second-order valence-corrected chi connectivity index (χ2v) is 6.73. The fourth-order valence-corrected chi connectivity index (χ4v) is 3.59. The van der Waals surface area contributed by atoms with E-state index in [0.717, 1.165) is 6.54 Å². The minimum absolute atomic E-state index is 0.446. The van der Waals surface area contributed by atoms with Gasteiger partial charge in [0.1, 0.15) is 0 Å². The third kappa shape index (κ3) is 4.57. The molecule has 0 amide bonds. The number of unbranched alkanes of at least 4 members (excludes halogenated alkanes) is 4. The molecule has 1 unspecified atom stereocenters. The van der Waals surface area contributed by atoms with Crippen molar-refractivity contribution in [1.82, 2.24) is 5.32 Å². The van der Waals surface area contributed by atoms with Crippen molar-refractivity contribution in [3.05, 3.63) is 35.9 Å². The molecule has 0 radical (unpaired) electrons. The molecule has 1 aliphatic carbocycles. The minimum Gasteiger partial charge on any atom is -0.313 e. The molecule has 21 heavy (non-hydrogen) atoms. The number of benzene rings is 1. The lowest BCUT2D eigenvalue weighted by Gasteiger charge is -2.29. The van der Waals surface area contributed by atoms with Crippen LogP contribution in [0, 0.1) is 0 Å². The SMILES string of the molecule is CCCCCCCC(NCCC)C1(c2ccccc2)CC1. The molecule has 118 valence electrons. The predicted molar refractivity (Wildman–Crippen MR) is 92.8 cm³/mol. The van der Waals surface area contributed by atoms with Crippen molar-refractivity contribution in [2.24, 2.45) is 0 Å². The zero-order chi connectivity index (χ0) is 15.0. The molecule has 1 aromatic rings. The normalized spacial score (nSPS) is 17.6. The van der Waals surface area contributed by atoms with E-state index in [1.807, 2.05) is 0 Å². The van der Waals surface area contributed by atoms with E-state index in [0.29, 0.717) is 11.5 Å². The summed E-state index contributed by atoms with van der Waals surface area (Å²) in [6.45, 7) is 5.72. The van der Waals surface area contributed by atoms with Crippen LogP contribution in [0.15, 0.2) is 30.3 Å². The van der Waals surface area contributed by atoms with Gasteiger partial charge in [-0.3, -0.25) is 0 Å². The van der Waals surface area contributed by atoms with Crippen LogP contribution in [0.2, 0.25) is 0 Å². The lowest BCUT2D eigenvalue weighted by atomic mass is 9.85. The van der Waals surface area contributed by atoms with E-state index < -0.39 is 0 Å². The molecule has 0 spiro atoms. The Morgan fingerprint density at radius 1 is 0.952 bits per heavy atom. The molecule has 0 saturated heterocycles. The third-order valence-electron chi connectivity index (χ3n) is 5.04. The Morgan fingerprint density at radius 3 is 2.29 bits per heavy atom. The summed E-state index contributed by atoms with van der Waals surface area (Å²) < 4.78 is 0. The predicted octanol–water partition coefficient (Wildman–Crippen LogP) is 5.45. The van der Waals surface area contributed by atoms with Crippen molar-refractivity contribution in [3.63, 3.8) is 0 Å². The summed E-state index contributed by atoms with van der Waals surface area (Å²) >= 11 is 0. The summed E-state index contributed by atoms with van der Waals surface area (Å²) in [5.74, 6) is 0. The Kier molecular flexibility index (Phi) is 6.76. The first kappa shape index (κ1) is 16.5. The average molecular weight is 287 g/mol. The number of nitrogens with one attached hydrogen (secondary N) is 1. The molecule has 1 aromatic carbocycles. The molecule has 1 saturated carbocycles. The summed E-state index contributed by atoms with van der Waals surface area (Å²) in [6, 6.07) is 11.9. The molecular weight excluding hydrogens is 254 g/mol. The van der Waals surface area contributed by atoms with Crippen LogP contribution in [0.4, 0.5) is 0 Å². The molecule has 1 fully saturated rings. The number of rotatable bonds is 11. The molecule has 1 nitrogen and oxygen atoms in total. The van der Waals surface area contributed by atoms with Gasteiger partial charge in [-0.25, -0.2) is 0 Å². The van der Waals surface area contributed by atoms with Gasteiger partial charge in [-0.2, -0.15) is 0 Å². The summed E-state index contributed by atoms with van der Waals surface area (Å²) in [4.78, 5) is 0. The molecule has 1 N–H and O–H groups in total. The van der Waals surface area contributed by atoms with Gasteiger partial charge in [0.25, 0.3) is 0 Å². The monoisotopic (exact) mass is 287 g/mol. The second kappa shape index (κ2) is 8.58. The van der Waals surface area contributed by atoms with E-state index in [-0.39, 0.29) is 0 Å². The molecule has 1 aliphatic rings. The van der Waals surface area contributed by atoms with E-state index >= 15 is 0 Å². The van der Waals surface area contributed by atoms with Crippen molar-refractivity contribution in [2.75, 3.05) is 6.54 Å². The van der Waals surface area contributed by atoms with Gasteiger partial charge in [-0.1, -0.05) is 76.3 Å². The number of hydrogen-bond acceptors (Lipinski definition) is 1. The highest BCUT2D eigenvalue weighted by Gasteiger charge is 2.49. The molecule has 1 atom stereocenters. The Bertz CT molecular complexity index is 380. The first-order chi connectivity index (χ1) is 10.3. The highest BCUT2D eigenvalue weighted by molar-refractivity contribution is 5.33. The van der Waals surface area contributed by atoms with Crippen LogP contribution in [0.5, 0.6) is 0 Å². The highest BCUT2D eigenvalue weighted by atomic mass is 14.9.